The summed E-state index contributed by atoms with van der Waals surface area (Å²) in [5.74, 6) is -0.313. The summed E-state index contributed by atoms with van der Waals surface area (Å²) in [6.45, 7) is 4.38. The van der Waals surface area contributed by atoms with Crippen LogP contribution in [0.15, 0.2) is 0 Å². The summed E-state index contributed by atoms with van der Waals surface area (Å²) in [6, 6.07) is -0.532. The minimum atomic E-state index is -3.65. The lowest BCUT2D eigenvalue weighted by Crippen LogP contribution is -2.59. The van der Waals surface area contributed by atoms with Crippen molar-refractivity contribution in [1.82, 2.24) is 19.2 Å². The summed E-state index contributed by atoms with van der Waals surface area (Å²) in [7, 11) is -0.895. The number of amides is 2. The number of hydrogen-bond donors (Lipinski definition) is 2. The van der Waals surface area contributed by atoms with Crippen LogP contribution in [0.2, 0.25) is 0 Å². The van der Waals surface area contributed by atoms with Gasteiger partial charge in [-0.05, 0) is 12.3 Å². The number of carbonyl (C=O) groups excluding carboxylic acids is 2. The number of carbonyl (C=O) groups is 2. The van der Waals surface area contributed by atoms with Gasteiger partial charge in [0.25, 0.3) is 10.2 Å². The average Bonchev–Trinajstić information content (AvgIpc) is 2.37. The molecule has 0 aliphatic carbocycles. The van der Waals surface area contributed by atoms with Crippen molar-refractivity contribution in [2.24, 2.45) is 5.92 Å². The fraction of sp³-hybridized carbons (Fsp3) is 0.833. The van der Waals surface area contributed by atoms with Crippen LogP contribution < -0.4 is 10.0 Å². The van der Waals surface area contributed by atoms with E-state index in [1.54, 1.807) is 0 Å². The van der Waals surface area contributed by atoms with Gasteiger partial charge >= 0.3 is 0 Å². The van der Waals surface area contributed by atoms with Gasteiger partial charge in [0, 0.05) is 27.2 Å². The monoisotopic (exact) mass is 320 g/mol. The summed E-state index contributed by atoms with van der Waals surface area (Å²) in [6.07, 6.45) is 0.554. The maximum atomic E-state index is 12.2. The Morgan fingerprint density at radius 2 is 2.10 bits per heavy atom. The van der Waals surface area contributed by atoms with E-state index in [1.807, 2.05) is 13.8 Å². The second-order valence-electron chi connectivity index (χ2n) is 5.63. The van der Waals surface area contributed by atoms with Crippen molar-refractivity contribution >= 4 is 22.0 Å². The predicted molar refractivity (Wildman–Crippen MR) is 78.6 cm³/mol. The molecule has 1 heterocycles. The van der Waals surface area contributed by atoms with E-state index in [-0.39, 0.29) is 24.3 Å². The number of nitrogens with one attached hydrogen (secondary N) is 2. The summed E-state index contributed by atoms with van der Waals surface area (Å²) >= 11 is 0. The highest BCUT2D eigenvalue weighted by Gasteiger charge is 2.33. The van der Waals surface area contributed by atoms with E-state index < -0.39 is 16.3 Å². The molecule has 0 spiro atoms. The van der Waals surface area contributed by atoms with Crippen LogP contribution in [0.25, 0.3) is 0 Å². The maximum Gasteiger partial charge on any atom is 0.279 e. The van der Waals surface area contributed by atoms with Gasteiger partial charge in [0.05, 0.1) is 6.54 Å². The van der Waals surface area contributed by atoms with Crippen molar-refractivity contribution < 1.29 is 18.0 Å². The van der Waals surface area contributed by atoms with Crippen molar-refractivity contribution in [3.05, 3.63) is 0 Å². The van der Waals surface area contributed by atoms with Crippen LogP contribution in [-0.4, -0.2) is 69.2 Å². The largest absolute Gasteiger partial charge is 0.353 e. The third-order valence-electron chi connectivity index (χ3n) is 3.23. The molecule has 1 aliphatic rings. The van der Waals surface area contributed by atoms with Gasteiger partial charge in [0.15, 0.2) is 0 Å². The minimum Gasteiger partial charge on any atom is -0.353 e. The van der Waals surface area contributed by atoms with Crippen LogP contribution in [0.4, 0.5) is 0 Å². The Kier molecular flexibility index (Phi) is 6.11. The lowest BCUT2D eigenvalue weighted by atomic mass is 10.00. The molecule has 0 aromatic carbocycles. The van der Waals surface area contributed by atoms with E-state index in [9.17, 15) is 18.0 Å². The maximum absolute atomic E-state index is 12.2. The zero-order chi connectivity index (χ0) is 16.2. The third-order valence-corrected chi connectivity index (χ3v) is 4.70. The molecule has 0 radical (unpaired) electrons. The normalized spacial score (nSPS) is 20.0. The summed E-state index contributed by atoms with van der Waals surface area (Å²) in [4.78, 5) is 25.6. The second-order valence-corrected chi connectivity index (χ2v) is 7.60. The Labute approximate surface area is 126 Å². The molecule has 0 aromatic heterocycles. The predicted octanol–water partition coefficient (Wildman–Crippen LogP) is -1.24. The van der Waals surface area contributed by atoms with Gasteiger partial charge in [-0.25, -0.2) is 0 Å². The van der Waals surface area contributed by atoms with Crippen molar-refractivity contribution in [2.45, 2.75) is 26.3 Å². The average molecular weight is 320 g/mol. The molecule has 1 atom stereocenters. The van der Waals surface area contributed by atoms with Crippen molar-refractivity contribution in [3.63, 3.8) is 0 Å². The lowest BCUT2D eigenvalue weighted by molar-refractivity contribution is -0.143. The van der Waals surface area contributed by atoms with Crippen LogP contribution in [0.1, 0.15) is 20.3 Å². The Hall–Kier alpha value is -1.19. The van der Waals surface area contributed by atoms with Crippen molar-refractivity contribution in [2.75, 3.05) is 33.7 Å². The number of piperazine rings is 1. The fourth-order valence-electron chi connectivity index (χ4n) is 2.08. The summed E-state index contributed by atoms with van der Waals surface area (Å²) in [5, 5.41) is 2.73. The standard InChI is InChI=1S/C12H24N4O4S/c1-9(2)7-10-12(18)13-5-6-16(10)11(17)8-14-21(19,20)15(3)4/h9-10,14H,5-8H2,1-4H3,(H,13,18)/t10-/m0/s1. The molecule has 21 heavy (non-hydrogen) atoms. The topological polar surface area (TPSA) is 98.8 Å². The molecule has 0 unspecified atom stereocenters. The Bertz CT molecular complexity index is 489. The Morgan fingerprint density at radius 3 is 2.62 bits per heavy atom. The minimum absolute atomic E-state index is 0.182. The molecular weight excluding hydrogens is 296 g/mol. The molecule has 2 N–H and O–H groups in total. The zero-order valence-electron chi connectivity index (χ0n) is 12.9. The highest BCUT2D eigenvalue weighted by Crippen LogP contribution is 2.14. The van der Waals surface area contributed by atoms with Gasteiger partial charge in [0.1, 0.15) is 6.04 Å². The van der Waals surface area contributed by atoms with Gasteiger partial charge in [-0.15, -0.1) is 0 Å². The Morgan fingerprint density at radius 1 is 1.48 bits per heavy atom. The van der Waals surface area contributed by atoms with Gasteiger partial charge in [-0.2, -0.15) is 17.4 Å². The van der Waals surface area contributed by atoms with E-state index >= 15 is 0 Å². The van der Waals surface area contributed by atoms with Crippen LogP contribution >= 0.6 is 0 Å². The zero-order valence-corrected chi connectivity index (χ0v) is 13.7. The van der Waals surface area contributed by atoms with Gasteiger partial charge in [-0.3, -0.25) is 9.59 Å². The molecule has 1 aliphatic heterocycles. The second kappa shape index (κ2) is 7.19. The van der Waals surface area contributed by atoms with Crippen LogP contribution in [0.3, 0.4) is 0 Å². The summed E-state index contributed by atoms with van der Waals surface area (Å²) < 4.78 is 26.4. The molecule has 2 amide bonds. The van der Waals surface area contributed by atoms with Gasteiger partial charge in [0.2, 0.25) is 11.8 Å². The first-order valence-corrected chi connectivity index (χ1v) is 8.33. The quantitative estimate of drug-likeness (QED) is 0.639. The smallest absolute Gasteiger partial charge is 0.279 e. The first-order valence-electron chi connectivity index (χ1n) is 6.89. The van der Waals surface area contributed by atoms with Crippen LogP contribution in [0, 0.1) is 5.92 Å². The van der Waals surface area contributed by atoms with Crippen molar-refractivity contribution in [3.8, 4) is 0 Å². The molecule has 0 saturated carbocycles. The lowest BCUT2D eigenvalue weighted by Gasteiger charge is -2.36. The summed E-state index contributed by atoms with van der Waals surface area (Å²) in [5.41, 5.74) is 0. The highest BCUT2D eigenvalue weighted by atomic mass is 32.2. The molecule has 9 heteroatoms. The van der Waals surface area contributed by atoms with E-state index in [0.29, 0.717) is 19.5 Å². The van der Waals surface area contributed by atoms with E-state index in [2.05, 4.69) is 10.0 Å². The highest BCUT2D eigenvalue weighted by molar-refractivity contribution is 7.87. The molecule has 0 aromatic rings. The fourth-order valence-corrected chi connectivity index (χ4v) is 2.64. The molecule has 1 rings (SSSR count). The van der Waals surface area contributed by atoms with E-state index in [1.165, 1.54) is 19.0 Å². The molecular formula is C12H24N4O4S. The SMILES string of the molecule is CC(C)C[C@H]1C(=O)NCCN1C(=O)CNS(=O)(=O)N(C)C. The molecule has 0 bridgehead atoms. The number of hydrogen-bond acceptors (Lipinski definition) is 4. The van der Waals surface area contributed by atoms with E-state index in [0.717, 1.165) is 4.31 Å². The molecule has 1 saturated heterocycles. The molecule has 8 nitrogen and oxygen atoms in total. The van der Waals surface area contributed by atoms with E-state index in [4.69, 9.17) is 0 Å². The molecule has 122 valence electrons. The first-order chi connectivity index (χ1) is 9.65. The number of rotatable bonds is 6. The van der Waals surface area contributed by atoms with Crippen LogP contribution in [-0.2, 0) is 19.8 Å². The Balaban J connectivity index is 2.72. The first kappa shape index (κ1) is 17.9. The molecule has 1 fully saturated rings. The number of nitrogens with zero attached hydrogens (tertiary/aromatic N) is 2. The van der Waals surface area contributed by atoms with Gasteiger partial charge in [-0.1, -0.05) is 13.8 Å². The third kappa shape index (κ3) is 4.94. The van der Waals surface area contributed by atoms with Gasteiger partial charge < -0.3 is 10.2 Å². The van der Waals surface area contributed by atoms with Crippen LogP contribution in [0.5, 0.6) is 0 Å². The van der Waals surface area contributed by atoms with Crippen molar-refractivity contribution in [1.29, 1.82) is 0 Å².